The number of nitrogens with one attached hydrogen (secondary N) is 2. The monoisotopic (exact) mass is 1120 g/mol. The Morgan fingerprint density at radius 3 is 1.34 bits per heavy atom. The number of carbonyl (C=O) groups is 2. The summed E-state index contributed by atoms with van der Waals surface area (Å²) >= 11 is 2.60. The van der Waals surface area contributed by atoms with E-state index in [2.05, 4.69) is 39.2 Å². The zero-order valence-corrected chi connectivity index (χ0v) is 46.7. The highest BCUT2D eigenvalue weighted by atomic mass is 32.1. The highest BCUT2D eigenvalue weighted by Crippen LogP contribution is 2.39. The van der Waals surface area contributed by atoms with Crippen LogP contribution >= 0.6 is 22.7 Å². The quantitative estimate of drug-likeness (QED) is 0.0787. The lowest BCUT2D eigenvalue weighted by molar-refractivity contribution is -0.385. The van der Waals surface area contributed by atoms with Crippen LogP contribution in [0.2, 0.25) is 0 Å². The smallest absolute Gasteiger partial charge is 0.269 e. The van der Waals surface area contributed by atoms with Crippen LogP contribution in [0, 0.1) is 34.1 Å². The van der Waals surface area contributed by atoms with Gasteiger partial charge in [0.1, 0.15) is 0 Å². The summed E-state index contributed by atoms with van der Waals surface area (Å²) in [5, 5.41) is 27.0. The summed E-state index contributed by atoms with van der Waals surface area (Å²) in [6, 6.07) is 39.7. The summed E-state index contributed by atoms with van der Waals surface area (Å²) in [6.07, 6.45) is 4.26. The van der Waals surface area contributed by atoms with Gasteiger partial charge in [0.15, 0.2) is 9.60 Å². The number of nitro benzene ring substituents is 2. The largest absolute Gasteiger partial charge is 0.355 e. The molecule has 0 radical (unpaired) electrons. The molecule has 2 aliphatic heterocycles. The molecule has 11 rings (SSSR count). The van der Waals surface area contributed by atoms with Gasteiger partial charge in [-0.25, -0.2) is 9.97 Å². The van der Waals surface area contributed by atoms with E-state index in [4.69, 9.17) is 9.97 Å². The Kier molecular flexibility index (Phi) is 14.9. The maximum Gasteiger partial charge on any atom is 0.269 e. The highest BCUT2D eigenvalue weighted by molar-refractivity contribution is 7.07. The number of aromatic amines is 2. The van der Waals surface area contributed by atoms with E-state index in [1.54, 1.807) is 24.3 Å². The van der Waals surface area contributed by atoms with E-state index in [0.29, 0.717) is 43.8 Å². The lowest BCUT2D eigenvalue weighted by atomic mass is 9.98. The van der Waals surface area contributed by atoms with E-state index in [9.17, 15) is 29.8 Å². The second kappa shape index (κ2) is 22.6. The topological polar surface area (TPSA) is 212 Å². The normalized spacial score (nSPS) is 12.8. The number of fused-ring (bicyclic) bond motifs is 8. The molecule has 7 heterocycles. The third kappa shape index (κ3) is 10.5. The maximum atomic E-state index is 14.3. The van der Waals surface area contributed by atoms with Crippen LogP contribution in [-0.4, -0.2) is 50.7 Å². The van der Waals surface area contributed by atoms with Crippen LogP contribution in [0.1, 0.15) is 84.6 Å². The number of H-pyrrole nitrogens is 2. The summed E-state index contributed by atoms with van der Waals surface area (Å²) in [7, 11) is 0. The van der Waals surface area contributed by atoms with Gasteiger partial charge >= 0.3 is 0 Å². The summed E-state index contributed by atoms with van der Waals surface area (Å²) in [5.41, 5.74) is 17.6. The van der Waals surface area contributed by atoms with Crippen molar-refractivity contribution in [2.45, 2.75) is 53.4 Å². The number of non-ortho nitro benzene ring substituents is 2. The highest BCUT2D eigenvalue weighted by Gasteiger charge is 2.24. The van der Waals surface area contributed by atoms with Crippen LogP contribution < -0.4 is 9.60 Å². The van der Waals surface area contributed by atoms with Crippen molar-refractivity contribution >= 4 is 102 Å². The number of aromatic nitrogens is 6. The number of amides is 2. The number of aryl methyl sites for hydroxylation is 2. The van der Waals surface area contributed by atoms with E-state index >= 15 is 0 Å². The van der Waals surface area contributed by atoms with E-state index in [0.717, 1.165) is 89.1 Å². The fraction of sp³-hybridized carbons (Fsp3) is 0.125. The summed E-state index contributed by atoms with van der Waals surface area (Å²) in [6.45, 7) is 16.4. The maximum absolute atomic E-state index is 14.3. The van der Waals surface area contributed by atoms with E-state index in [-0.39, 0.29) is 48.9 Å². The second-order valence-corrected chi connectivity index (χ2v) is 21.4. The minimum Gasteiger partial charge on any atom is -0.355 e. The third-order valence-electron chi connectivity index (χ3n) is 14.9. The minimum absolute atomic E-state index is 0.0219. The van der Waals surface area contributed by atoms with Gasteiger partial charge in [-0.2, -0.15) is 9.98 Å². The fourth-order valence-electron chi connectivity index (χ4n) is 10.4. The van der Waals surface area contributed by atoms with Crippen LogP contribution in [0.3, 0.4) is 0 Å². The van der Waals surface area contributed by atoms with Crippen LogP contribution in [0.5, 0.6) is 0 Å². The molecule has 2 N–H and O–H groups in total. The van der Waals surface area contributed by atoms with Crippen molar-refractivity contribution in [3.63, 3.8) is 0 Å². The first-order valence-corrected chi connectivity index (χ1v) is 28.0. The molecule has 8 bridgehead atoms. The average molecular weight is 1120 g/mol. The number of benzene rings is 4. The lowest BCUT2D eigenvalue weighted by Gasteiger charge is -2.09. The number of rotatable bonds is 14. The van der Waals surface area contributed by atoms with Gasteiger partial charge in [0.2, 0.25) is 11.8 Å². The predicted molar refractivity (Wildman–Crippen MR) is 327 cm³/mol. The van der Waals surface area contributed by atoms with Crippen molar-refractivity contribution in [1.82, 2.24) is 29.1 Å². The van der Waals surface area contributed by atoms with Crippen LogP contribution in [0.25, 0.3) is 90.4 Å². The van der Waals surface area contributed by atoms with E-state index in [1.165, 1.54) is 46.9 Å². The molecule has 82 heavy (non-hydrogen) atoms. The first kappa shape index (κ1) is 53.9. The predicted octanol–water partition coefficient (Wildman–Crippen LogP) is 14.7. The van der Waals surface area contributed by atoms with E-state index in [1.807, 2.05) is 139 Å². The number of allylic oxidation sites excluding steroid dienone is 4. The van der Waals surface area contributed by atoms with Gasteiger partial charge < -0.3 is 9.97 Å². The Bertz CT molecular complexity index is 4510. The first-order chi connectivity index (χ1) is 39.7. The Morgan fingerprint density at radius 1 is 0.549 bits per heavy atom. The van der Waals surface area contributed by atoms with Crippen molar-refractivity contribution in [3.8, 4) is 33.9 Å². The molecule has 0 saturated heterocycles. The molecule has 0 atom stereocenters. The van der Waals surface area contributed by atoms with Gasteiger partial charge in [-0.3, -0.25) is 39.0 Å². The Morgan fingerprint density at radius 2 is 0.939 bits per heavy atom. The molecule has 9 aromatic rings. The number of nitrogens with zero attached hydrogens (tertiary/aromatic N) is 8. The Labute approximate surface area is 477 Å². The van der Waals surface area contributed by atoms with Gasteiger partial charge in [-0.05, 0) is 134 Å². The lowest BCUT2D eigenvalue weighted by Crippen LogP contribution is -2.16. The van der Waals surface area contributed by atoms with Crippen molar-refractivity contribution in [1.29, 1.82) is 0 Å². The molecule has 0 spiro atoms. The number of nitro groups is 2. The SMILES string of the molecule is C=Cc1c(C)c2cc3[nH]c(cc4nc(cc5nc(cc1[nH]2)C(C)=C5CCC(=O)N=c1scc(-c2ccccc2)n1-c1ccc([N+](=O)[O-])cc1)C(CCC(=O)N=c1scc(-c2ccccc2)n1-c1ccc([N+](=O)[O-])cc1)=C4C)c(C)c3C=C. The molecule has 18 heteroatoms. The molecule has 0 fully saturated rings. The van der Waals surface area contributed by atoms with Crippen molar-refractivity contribution in [2.24, 2.45) is 9.98 Å². The molecular weight excluding hydrogens is 1070 g/mol. The third-order valence-corrected chi connectivity index (χ3v) is 16.5. The molecule has 406 valence electrons. The number of hydrogen-bond donors (Lipinski definition) is 2. The van der Waals surface area contributed by atoms with Gasteiger partial charge in [-0.15, -0.1) is 22.7 Å². The van der Waals surface area contributed by atoms with E-state index < -0.39 is 9.85 Å². The fourth-order valence-corrected chi connectivity index (χ4v) is 12.3. The minimum atomic E-state index is -0.450. The van der Waals surface area contributed by atoms with Gasteiger partial charge in [0.25, 0.3) is 11.4 Å². The number of hydrogen-bond acceptors (Lipinski definition) is 10. The zero-order chi connectivity index (χ0) is 57.3. The standard InChI is InChI=1S/C64H52N10O6S2/c1-7-47-37(3)51-31-52-39(5)49(27-29-61(75)69-63-71(43-19-23-45(24-20-43)73(77)78)59(35-81-63)41-15-11-9-12-16-41)57(67-52)34-58-50(40(6)54(68-58)33-56-48(8-2)38(4)53(66-56)32-55(47)65-51)28-30-62(76)70-64-72(44-21-25-46(26-22-44)74(79)80)60(36-82-64)42-17-13-10-14-18-42/h7-26,31-36,65-66H,1-2,27-30H2,3-6H3. The molecule has 16 nitrogen and oxygen atoms in total. The summed E-state index contributed by atoms with van der Waals surface area (Å²) in [5.74, 6) is -0.750. The van der Waals surface area contributed by atoms with Crippen molar-refractivity contribution < 1.29 is 19.4 Å². The summed E-state index contributed by atoms with van der Waals surface area (Å²) < 4.78 is 3.68. The average Bonchev–Trinajstić information content (AvgIpc) is 4.34. The molecule has 0 saturated carbocycles. The molecule has 5 aromatic heterocycles. The molecular formula is C64H52N10O6S2. The van der Waals surface area contributed by atoms with Crippen LogP contribution in [-0.2, 0) is 9.59 Å². The molecule has 0 aliphatic carbocycles. The van der Waals surface area contributed by atoms with Crippen LogP contribution in [0.15, 0.2) is 167 Å². The summed E-state index contributed by atoms with van der Waals surface area (Å²) in [4.78, 5) is 78.8. The van der Waals surface area contributed by atoms with Crippen LogP contribution in [0.4, 0.5) is 11.4 Å². The zero-order valence-electron chi connectivity index (χ0n) is 45.1. The van der Waals surface area contributed by atoms with Gasteiger partial charge in [-0.1, -0.05) is 86.0 Å². The molecule has 2 aliphatic rings. The Hall–Kier alpha value is -10.0. The Balaban J connectivity index is 1.01. The number of thiazole rings is 2. The van der Waals surface area contributed by atoms with Gasteiger partial charge in [0.05, 0.1) is 44.0 Å². The molecule has 2 amide bonds. The second-order valence-electron chi connectivity index (χ2n) is 19.7. The number of carbonyl (C=O) groups excluding carboxylic acids is 2. The molecule has 0 unspecified atom stereocenters. The van der Waals surface area contributed by atoms with Crippen molar-refractivity contribution in [3.05, 3.63) is 232 Å². The van der Waals surface area contributed by atoms with Crippen molar-refractivity contribution in [2.75, 3.05) is 0 Å². The van der Waals surface area contributed by atoms with Gasteiger partial charge in [0, 0.05) is 92.4 Å². The molecule has 4 aromatic carbocycles. The first-order valence-electron chi connectivity index (χ1n) is 26.3.